The number of hydrogen-bond donors (Lipinski definition) is 0. The molecule has 206 valence electrons. The van der Waals surface area contributed by atoms with Crippen molar-refractivity contribution in [3.05, 3.63) is 97.1 Å². The number of benzene rings is 4. The van der Waals surface area contributed by atoms with Crippen molar-refractivity contribution in [1.82, 2.24) is 39.9 Å². The Morgan fingerprint density at radius 1 is 0.372 bits per heavy atom. The number of nitrogens with zero attached hydrogens (tertiary/aromatic N) is 8. The van der Waals surface area contributed by atoms with Gasteiger partial charge < -0.3 is 29.9 Å². The van der Waals surface area contributed by atoms with Crippen LogP contribution in [0.1, 0.15) is 0 Å². The van der Waals surface area contributed by atoms with Gasteiger partial charge >= 0.3 is 24.2 Å². The molecule has 0 saturated heterocycles. The topological polar surface area (TPSA) is 140 Å². The number of fused-ring (bicyclic) bond motifs is 20. The van der Waals surface area contributed by atoms with Gasteiger partial charge in [0.2, 0.25) is 0 Å². The van der Waals surface area contributed by atoms with E-state index in [0.29, 0.717) is 45.9 Å². The van der Waals surface area contributed by atoms with Crippen LogP contribution < -0.4 is 9.97 Å². The Balaban J connectivity index is 0.000000892. The zero-order valence-corrected chi connectivity index (χ0v) is 23.7. The summed E-state index contributed by atoms with van der Waals surface area (Å²) in [7, 11) is 0. The molecule has 0 N–H and O–H groups in total. The molecule has 9 rings (SSSR count). The van der Waals surface area contributed by atoms with Crippen LogP contribution >= 0.6 is 0 Å². The molecule has 4 aromatic carbocycles. The van der Waals surface area contributed by atoms with Crippen LogP contribution in [0.15, 0.2) is 97.1 Å². The molecule has 0 atom stereocenters. The van der Waals surface area contributed by atoms with Gasteiger partial charge in [0, 0.05) is 44.8 Å². The molecule has 7 aromatic rings. The maximum atomic E-state index is 8.46. The molecule has 2 aliphatic heterocycles. The van der Waals surface area contributed by atoms with Gasteiger partial charge in [-0.15, -0.1) is 0 Å². The molecule has 11 heteroatoms. The normalized spacial score (nSPS) is 11.5. The summed E-state index contributed by atoms with van der Waals surface area (Å²) in [5.74, 6) is 2.21. The summed E-state index contributed by atoms with van der Waals surface area (Å²) in [6.07, 6.45) is 0. The average Bonchev–Trinajstić information content (AvgIpc) is 3.77. The molecule has 0 radical (unpaired) electrons. The van der Waals surface area contributed by atoms with Crippen molar-refractivity contribution in [2.75, 3.05) is 0 Å². The van der Waals surface area contributed by atoms with Gasteiger partial charge in [-0.25, -0.2) is 9.97 Å². The second-order valence-corrected chi connectivity index (χ2v) is 10.0. The Bertz CT molecular complexity index is 2140. The third kappa shape index (κ3) is 4.13. The van der Waals surface area contributed by atoms with E-state index < -0.39 is 17.0 Å². The molecule has 43 heavy (non-hydrogen) atoms. The summed E-state index contributed by atoms with van der Waals surface area (Å²) in [6, 6.07) is 31.8. The van der Waals surface area contributed by atoms with Crippen LogP contribution in [0.5, 0.6) is 0 Å². The first-order valence-electron chi connectivity index (χ1n) is 13.2. The first kappa shape index (κ1) is 25.2. The summed E-state index contributed by atoms with van der Waals surface area (Å²) < 4.78 is 16.9. The summed E-state index contributed by atoms with van der Waals surface area (Å²) in [6.45, 7) is 0. The smallest absolute Gasteiger partial charge is 0.0927 e. The maximum absolute atomic E-state index is 8.46. The van der Waals surface area contributed by atoms with Crippen LogP contribution in [0, 0.1) is 0 Å². The van der Waals surface area contributed by atoms with Crippen molar-refractivity contribution in [3.8, 4) is 45.6 Å². The van der Waals surface area contributed by atoms with Crippen LogP contribution in [0.25, 0.3) is 89.7 Å². The quantitative estimate of drug-likeness (QED) is 0.184. The molecule has 5 heterocycles. The Morgan fingerprint density at radius 3 is 0.860 bits per heavy atom. The van der Waals surface area contributed by atoms with E-state index in [9.17, 15) is 0 Å². The molecule has 0 spiro atoms. The van der Waals surface area contributed by atoms with Gasteiger partial charge in [-0.2, -0.15) is 0 Å². The molecule has 0 aliphatic carbocycles. The van der Waals surface area contributed by atoms with Crippen molar-refractivity contribution in [3.63, 3.8) is 0 Å². The average molecular weight is 646 g/mol. The second kappa shape index (κ2) is 10.1. The zero-order chi connectivity index (χ0) is 28.9. The molecule has 0 unspecified atom stereocenters. The Labute approximate surface area is 250 Å². The van der Waals surface area contributed by atoms with Gasteiger partial charge in [0.1, 0.15) is 0 Å². The molecular formula is C32H16N8O2Ru-2. The fraction of sp³-hybridized carbons (Fsp3) is 0. The van der Waals surface area contributed by atoms with E-state index >= 15 is 0 Å². The third-order valence-corrected chi connectivity index (χ3v) is 7.33. The van der Waals surface area contributed by atoms with Crippen LogP contribution in [-0.4, -0.2) is 29.9 Å². The van der Waals surface area contributed by atoms with Crippen molar-refractivity contribution in [2.45, 2.75) is 0 Å². The van der Waals surface area contributed by atoms with E-state index in [1.807, 2.05) is 97.1 Å². The van der Waals surface area contributed by atoms with E-state index in [1.54, 1.807) is 0 Å². The van der Waals surface area contributed by atoms with Gasteiger partial charge in [-0.05, 0) is 21.5 Å². The first-order valence-corrected chi connectivity index (χ1v) is 14.6. The van der Waals surface area contributed by atoms with Crippen LogP contribution in [0.4, 0.5) is 0 Å². The Morgan fingerprint density at radius 2 is 0.605 bits per heavy atom. The summed E-state index contributed by atoms with van der Waals surface area (Å²) in [4.78, 5) is 39.3. The summed E-state index contributed by atoms with van der Waals surface area (Å²) in [5, 5.41) is 3.57. The summed E-state index contributed by atoms with van der Waals surface area (Å²) >= 11 is -1.79. The van der Waals surface area contributed by atoms with E-state index in [1.165, 1.54) is 0 Å². The van der Waals surface area contributed by atoms with Crippen molar-refractivity contribution in [2.24, 2.45) is 0 Å². The van der Waals surface area contributed by atoms with Crippen molar-refractivity contribution < 1.29 is 24.2 Å². The van der Waals surface area contributed by atoms with Gasteiger partial charge in [0.15, 0.2) is 0 Å². The van der Waals surface area contributed by atoms with E-state index in [-0.39, 0.29) is 0 Å². The minimum atomic E-state index is -1.79. The standard InChI is InChI=1S/C32H16N8.2O.Ru/c1-2-10-18-17(9-1)25-33-26(18)38-28-21-13-5-6-14-22(21)30(35-28)40-32-24-16-8-7-15-23(24)31(36-32)39-29-20-12-4-3-11-19(20)27(34-29)37-25;;;/h1-16H;;;/q-2;;;. The van der Waals surface area contributed by atoms with Crippen LogP contribution in [-0.2, 0) is 24.2 Å². The molecule has 0 saturated carbocycles. The molecular weight excluding hydrogens is 629 g/mol. The largest absolute Gasteiger partial charge is 0.357 e. The molecule has 0 fully saturated rings. The van der Waals surface area contributed by atoms with Gasteiger partial charge in [0.05, 0.1) is 23.3 Å². The molecule has 3 aromatic heterocycles. The maximum Gasteiger partial charge on any atom is 0.0927 e. The molecule has 0 amide bonds. The number of rotatable bonds is 0. The van der Waals surface area contributed by atoms with E-state index in [2.05, 4.69) is 0 Å². The fourth-order valence-corrected chi connectivity index (χ4v) is 5.46. The minimum Gasteiger partial charge on any atom is -0.357 e. The van der Waals surface area contributed by atoms with Gasteiger partial charge in [-0.3, -0.25) is 0 Å². The van der Waals surface area contributed by atoms with E-state index in [0.717, 1.165) is 43.8 Å². The first-order chi connectivity index (χ1) is 21.2. The van der Waals surface area contributed by atoms with E-state index in [4.69, 9.17) is 47.0 Å². The van der Waals surface area contributed by atoms with Crippen LogP contribution in [0.2, 0.25) is 0 Å². The molecule has 8 bridgehead atoms. The number of aromatic nitrogens is 8. The minimum absolute atomic E-state index is 0.552. The second-order valence-electron chi connectivity index (χ2n) is 9.72. The van der Waals surface area contributed by atoms with Gasteiger partial charge in [0.25, 0.3) is 0 Å². The SMILES string of the molecule is [O]=[Ru]=[O].c1ccc2c(c1)-c1nc-2nc2[n-]c(nc3nc(nc4[n-]c(n1)c1ccccc41)-c1ccccc1-3)c1ccccc21. The van der Waals surface area contributed by atoms with Gasteiger partial charge in [-0.1, -0.05) is 97.1 Å². The predicted molar refractivity (Wildman–Crippen MR) is 155 cm³/mol. The molecule has 2 aliphatic rings. The predicted octanol–water partition coefficient (Wildman–Crippen LogP) is 5.89. The van der Waals surface area contributed by atoms with Crippen molar-refractivity contribution in [1.29, 1.82) is 0 Å². The Hall–Kier alpha value is -5.54. The zero-order valence-electron chi connectivity index (χ0n) is 22.0. The van der Waals surface area contributed by atoms with Crippen LogP contribution in [0.3, 0.4) is 0 Å². The molecule has 10 nitrogen and oxygen atoms in total. The summed E-state index contributed by atoms with van der Waals surface area (Å²) in [5.41, 5.74) is 5.78. The number of hydrogen-bond acceptors (Lipinski definition) is 8. The fourth-order valence-electron chi connectivity index (χ4n) is 5.46. The Kier molecular flexibility index (Phi) is 5.90. The van der Waals surface area contributed by atoms with Crippen molar-refractivity contribution >= 4 is 44.1 Å². The third-order valence-electron chi connectivity index (χ3n) is 7.33. The monoisotopic (exact) mass is 646 g/mol.